The van der Waals surface area contributed by atoms with Gasteiger partial charge in [0.05, 0.1) is 12.7 Å². The largest absolute Gasteiger partial charge is 0.496 e. The zero-order chi connectivity index (χ0) is 14.0. The fraction of sp³-hybridized carbons (Fsp3) is 0.533. The van der Waals surface area contributed by atoms with Crippen molar-refractivity contribution in [2.75, 3.05) is 20.2 Å². The molecule has 3 nitrogen and oxygen atoms in total. The van der Waals surface area contributed by atoms with Crippen molar-refractivity contribution in [3.8, 4) is 5.75 Å². The summed E-state index contributed by atoms with van der Waals surface area (Å²) in [5.74, 6) is 0.0498. The predicted octanol–water partition coefficient (Wildman–Crippen LogP) is 3.19. The van der Waals surface area contributed by atoms with Gasteiger partial charge in [-0.1, -0.05) is 13.8 Å². The van der Waals surface area contributed by atoms with Crippen LogP contribution in [0.3, 0.4) is 0 Å². The Morgan fingerprint density at radius 1 is 1.32 bits per heavy atom. The van der Waals surface area contributed by atoms with Gasteiger partial charge in [0.2, 0.25) is 0 Å². The third kappa shape index (κ3) is 2.72. The molecule has 0 aliphatic carbocycles. The van der Waals surface area contributed by atoms with Crippen LogP contribution in [0.1, 0.15) is 48.5 Å². The fourth-order valence-corrected chi connectivity index (χ4v) is 2.44. The lowest BCUT2D eigenvalue weighted by atomic mass is 9.99. The highest BCUT2D eigenvalue weighted by Gasteiger charge is 2.24. The van der Waals surface area contributed by atoms with Crippen LogP contribution in [0, 0.1) is 5.82 Å². The number of halogens is 1. The van der Waals surface area contributed by atoms with E-state index in [0.717, 1.165) is 25.9 Å². The molecule has 104 valence electrons. The molecule has 0 saturated carbocycles. The quantitative estimate of drug-likeness (QED) is 0.840. The van der Waals surface area contributed by atoms with Gasteiger partial charge in [-0.3, -0.25) is 4.79 Å². The average molecular weight is 265 g/mol. The van der Waals surface area contributed by atoms with Crippen molar-refractivity contribution in [3.63, 3.8) is 0 Å². The van der Waals surface area contributed by atoms with Gasteiger partial charge in [-0.05, 0) is 36.5 Å². The molecule has 1 aromatic rings. The number of amides is 1. The second-order valence-corrected chi connectivity index (χ2v) is 5.23. The second kappa shape index (κ2) is 5.59. The Hall–Kier alpha value is -1.58. The Bertz CT molecular complexity index is 479. The molecule has 1 heterocycles. The summed E-state index contributed by atoms with van der Waals surface area (Å²) in [6.07, 6.45) is 2.03. The fourth-order valence-electron chi connectivity index (χ4n) is 2.44. The number of likely N-dealkylation sites (tertiary alicyclic amines) is 1. The molecule has 1 fully saturated rings. The molecule has 0 bridgehead atoms. The van der Waals surface area contributed by atoms with Crippen LogP contribution in [0.2, 0.25) is 0 Å². The maximum absolute atomic E-state index is 14.0. The molecule has 1 aromatic carbocycles. The Labute approximate surface area is 113 Å². The Morgan fingerprint density at radius 2 is 1.95 bits per heavy atom. The van der Waals surface area contributed by atoms with Gasteiger partial charge in [0, 0.05) is 13.1 Å². The Kier molecular flexibility index (Phi) is 4.08. The van der Waals surface area contributed by atoms with Gasteiger partial charge in [0.25, 0.3) is 5.91 Å². The highest BCUT2D eigenvalue weighted by Crippen LogP contribution is 2.29. The van der Waals surface area contributed by atoms with Gasteiger partial charge < -0.3 is 9.64 Å². The van der Waals surface area contributed by atoms with E-state index in [1.165, 1.54) is 13.2 Å². The van der Waals surface area contributed by atoms with E-state index in [-0.39, 0.29) is 17.6 Å². The number of carbonyl (C=O) groups is 1. The van der Waals surface area contributed by atoms with E-state index >= 15 is 0 Å². The van der Waals surface area contributed by atoms with E-state index in [4.69, 9.17) is 4.74 Å². The van der Waals surface area contributed by atoms with Crippen molar-refractivity contribution in [2.24, 2.45) is 0 Å². The molecule has 0 unspecified atom stereocenters. The first-order chi connectivity index (χ1) is 9.04. The Balaban J connectivity index is 2.39. The van der Waals surface area contributed by atoms with Gasteiger partial charge in [0.15, 0.2) is 0 Å². The molecule has 0 spiro atoms. The van der Waals surface area contributed by atoms with Crippen LogP contribution in [0.4, 0.5) is 4.39 Å². The maximum atomic E-state index is 14.0. The number of methoxy groups -OCH3 is 1. The third-order valence-electron chi connectivity index (χ3n) is 3.56. The van der Waals surface area contributed by atoms with Crippen molar-refractivity contribution in [1.82, 2.24) is 4.90 Å². The lowest BCUT2D eigenvalue weighted by Gasteiger charge is -2.18. The zero-order valence-corrected chi connectivity index (χ0v) is 11.7. The lowest BCUT2D eigenvalue weighted by molar-refractivity contribution is 0.0789. The van der Waals surface area contributed by atoms with Crippen LogP contribution in [-0.2, 0) is 0 Å². The molecule has 2 rings (SSSR count). The highest BCUT2D eigenvalue weighted by molar-refractivity contribution is 5.97. The molecular formula is C15H20FNO2. The minimum atomic E-state index is -0.335. The number of hydrogen-bond donors (Lipinski definition) is 0. The van der Waals surface area contributed by atoms with E-state index in [1.807, 2.05) is 13.8 Å². The van der Waals surface area contributed by atoms with E-state index in [2.05, 4.69) is 0 Å². The molecule has 1 aliphatic rings. The molecule has 0 atom stereocenters. The monoisotopic (exact) mass is 265 g/mol. The number of carbonyl (C=O) groups excluding carboxylic acids is 1. The van der Waals surface area contributed by atoms with Gasteiger partial charge in [-0.25, -0.2) is 4.39 Å². The summed E-state index contributed by atoms with van der Waals surface area (Å²) in [6, 6.07) is 2.96. The number of benzene rings is 1. The first-order valence-corrected chi connectivity index (χ1v) is 6.71. The van der Waals surface area contributed by atoms with Crippen molar-refractivity contribution in [2.45, 2.75) is 32.6 Å². The van der Waals surface area contributed by atoms with E-state index < -0.39 is 0 Å². The van der Waals surface area contributed by atoms with Crippen LogP contribution >= 0.6 is 0 Å². The number of hydrogen-bond acceptors (Lipinski definition) is 2. The van der Waals surface area contributed by atoms with Gasteiger partial charge in [-0.15, -0.1) is 0 Å². The summed E-state index contributed by atoms with van der Waals surface area (Å²) in [4.78, 5) is 14.1. The summed E-state index contributed by atoms with van der Waals surface area (Å²) in [6.45, 7) is 5.32. The molecule has 19 heavy (non-hydrogen) atoms. The molecule has 1 aliphatic heterocycles. The van der Waals surface area contributed by atoms with E-state index in [0.29, 0.717) is 16.9 Å². The zero-order valence-electron chi connectivity index (χ0n) is 11.7. The molecule has 0 radical (unpaired) electrons. The van der Waals surface area contributed by atoms with Crippen LogP contribution in [0.5, 0.6) is 5.75 Å². The molecule has 0 N–H and O–H groups in total. The smallest absolute Gasteiger partial charge is 0.257 e. The van der Waals surface area contributed by atoms with Crippen molar-refractivity contribution >= 4 is 5.91 Å². The van der Waals surface area contributed by atoms with Gasteiger partial charge >= 0.3 is 0 Å². The molecule has 1 amide bonds. The third-order valence-corrected chi connectivity index (χ3v) is 3.56. The first kappa shape index (κ1) is 13.8. The summed E-state index contributed by atoms with van der Waals surface area (Å²) in [5.41, 5.74) is 0.904. The topological polar surface area (TPSA) is 29.5 Å². The lowest BCUT2D eigenvalue weighted by Crippen LogP contribution is -2.28. The number of rotatable bonds is 3. The Morgan fingerprint density at radius 3 is 2.47 bits per heavy atom. The molecule has 1 saturated heterocycles. The summed E-state index contributed by atoms with van der Waals surface area (Å²) >= 11 is 0. The second-order valence-electron chi connectivity index (χ2n) is 5.23. The van der Waals surface area contributed by atoms with Gasteiger partial charge in [0.1, 0.15) is 11.6 Å². The summed E-state index contributed by atoms with van der Waals surface area (Å²) in [7, 11) is 1.51. The molecule has 0 aromatic heterocycles. The highest BCUT2D eigenvalue weighted by atomic mass is 19.1. The van der Waals surface area contributed by atoms with Crippen molar-refractivity contribution in [1.29, 1.82) is 0 Å². The first-order valence-electron chi connectivity index (χ1n) is 6.71. The van der Waals surface area contributed by atoms with Crippen LogP contribution in [0.25, 0.3) is 0 Å². The minimum Gasteiger partial charge on any atom is -0.496 e. The normalized spacial score (nSPS) is 15.1. The van der Waals surface area contributed by atoms with Crippen molar-refractivity contribution < 1.29 is 13.9 Å². The van der Waals surface area contributed by atoms with Crippen molar-refractivity contribution in [3.05, 3.63) is 29.1 Å². The average Bonchev–Trinajstić information content (AvgIpc) is 2.91. The standard InChI is InChI=1S/C15H20FNO2/c1-10(2)11-9-14(19-3)12(8-13(11)16)15(18)17-6-4-5-7-17/h8-10H,4-7H2,1-3H3. The summed E-state index contributed by atoms with van der Waals surface area (Å²) in [5, 5.41) is 0. The summed E-state index contributed by atoms with van der Waals surface area (Å²) < 4.78 is 19.3. The van der Waals surface area contributed by atoms with E-state index in [1.54, 1.807) is 11.0 Å². The number of nitrogens with zero attached hydrogens (tertiary/aromatic N) is 1. The molecular weight excluding hydrogens is 245 g/mol. The van der Waals surface area contributed by atoms with E-state index in [9.17, 15) is 9.18 Å². The molecule has 4 heteroatoms. The minimum absolute atomic E-state index is 0.0600. The van der Waals surface area contributed by atoms with Crippen LogP contribution < -0.4 is 4.74 Å². The van der Waals surface area contributed by atoms with Crippen LogP contribution in [0.15, 0.2) is 12.1 Å². The predicted molar refractivity (Wildman–Crippen MR) is 72.2 cm³/mol. The van der Waals surface area contributed by atoms with Gasteiger partial charge in [-0.2, -0.15) is 0 Å². The maximum Gasteiger partial charge on any atom is 0.257 e. The SMILES string of the molecule is COc1cc(C(C)C)c(F)cc1C(=O)N1CCCC1. The number of ether oxygens (including phenoxy) is 1. The van der Waals surface area contributed by atoms with Crippen LogP contribution in [-0.4, -0.2) is 31.0 Å².